The first-order valence-corrected chi connectivity index (χ1v) is 9.69. The Balaban J connectivity index is 1.53. The van der Waals surface area contributed by atoms with Gasteiger partial charge in [0.05, 0.1) is 0 Å². The Bertz CT molecular complexity index is 835. The molecule has 2 unspecified atom stereocenters. The molecule has 3 heterocycles. The second-order valence-electron chi connectivity index (χ2n) is 8.15. The number of rotatable bonds is 5. The van der Waals surface area contributed by atoms with Gasteiger partial charge in [0.25, 0.3) is 5.91 Å². The van der Waals surface area contributed by atoms with E-state index in [4.69, 9.17) is 0 Å². The number of carbonyl (C=O) groups is 3. The fourth-order valence-electron chi connectivity index (χ4n) is 4.31. The average Bonchev–Trinajstić information content (AvgIpc) is 2.96. The van der Waals surface area contributed by atoms with Gasteiger partial charge in [-0.05, 0) is 31.5 Å². The van der Waals surface area contributed by atoms with E-state index in [2.05, 4.69) is 15.5 Å². The van der Waals surface area contributed by atoms with Crippen molar-refractivity contribution in [2.24, 2.45) is 0 Å². The molecule has 0 bridgehead atoms. The third-order valence-electron chi connectivity index (χ3n) is 6.36. The Labute approximate surface area is 163 Å². The molecule has 1 aromatic carbocycles. The Morgan fingerprint density at radius 2 is 2.07 bits per heavy atom. The molecule has 3 aliphatic heterocycles. The lowest BCUT2D eigenvalue weighted by Gasteiger charge is -2.46. The summed E-state index contributed by atoms with van der Waals surface area (Å²) in [6.45, 7) is 4.02. The minimum atomic E-state index is -0.754. The van der Waals surface area contributed by atoms with Crippen LogP contribution in [-0.4, -0.2) is 70.4 Å². The molecular weight excluding hydrogens is 360 g/mol. The van der Waals surface area contributed by atoms with Crippen molar-refractivity contribution in [3.8, 4) is 0 Å². The number of carbonyl (C=O) groups excluding carboxylic acids is 3. The van der Waals surface area contributed by atoms with E-state index in [0.717, 1.165) is 11.1 Å². The highest BCUT2D eigenvalue weighted by Gasteiger charge is 2.43. The lowest BCUT2D eigenvalue weighted by molar-refractivity contribution is -0.136. The zero-order valence-corrected chi connectivity index (χ0v) is 16.2. The molecule has 4 rings (SSSR count). The minimum Gasteiger partial charge on any atom is -0.386 e. The lowest BCUT2D eigenvalue weighted by Crippen LogP contribution is -2.68. The normalized spacial score (nSPS) is 24.8. The highest BCUT2D eigenvalue weighted by Crippen LogP contribution is 2.31. The van der Waals surface area contributed by atoms with Gasteiger partial charge in [-0.25, -0.2) is 0 Å². The van der Waals surface area contributed by atoms with E-state index in [1.54, 1.807) is 4.90 Å². The van der Waals surface area contributed by atoms with Crippen LogP contribution < -0.4 is 10.6 Å². The van der Waals surface area contributed by atoms with Crippen molar-refractivity contribution in [1.82, 2.24) is 20.4 Å². The molecule has 8 nitrogen and oxygen atoms in total. The molecule has 0 aromatic heterocycles. The van der Waals surface area contributed by atoms with E-state index >= 15 is 0 Å². The first-order valence-electron chi connectivity index (χ1n) is 9.69. The number of β-amino-alcohol motifs (C(OH)–C–C–N with tert-alkyl or cyclic N) is 1. The molecule has 1 aromatic rings. The maximum absolute atomic E-state index is 13.1. The number of benzene rings is 1. The first kappa shape index (κ1) is 19.0. The van der Waals surface area contributed by atoms with E-state index in [1.165, 1.54) is 0 Å². The molecule has 2 fully saturated rings. The molecule has 0 saturated carbocycles. The number of amides is 3. The van der Waals surface area contributed by atoms with E-state index in [1.807, 2.05) is 32.2 Å². The third-order valence-corrected chi connectivity index (χ3v) is 6.36. The van der Waals surface area contributed by atoms with Crippen LogP contribution in [0.2, 0.25) is 0 Å². The van der Waals surface area contributed by atoms with Crippen LogP contribution in [0.25, 0.3) is 0 Å². The molecule has 3 N–H and O–H groups in total. The summed E-state index contributed by atoms with van der Waals surface area (Å²) in [6, 6.07) is 5.09. The molecule has 8 heteroatoms. The van der Waals surface area contributed by atoms with Crippen molar-refractivity contribution >= 4 is 17.7 Å². The Kier molecular flexibility index (Phi) is 4.73. The first-order chi connectivity index (χ1) is 13.3. The lowest BCUT2D eigenvalue weighted by atomic mass is 9.88. The number of nitrogens with one attached hydrogen (secondary N) is 2. The van der Waals surface area contributed by atoms with Crippen LogP contribution in [0.4, 0.5) is 0 Å². The van der Waals surface area contributed by atoms with Gasteiger partial charge in [0.2, 0.25) is 11.8 Å². The summed E-state index contributed by atoms with van der Waals surface area (Å²) < 4.78 is 0. The number of hydrogen-bond donors (Lipinski definition) is 3. The van der Waals surface area contributed by atoms with Gasteiger partial charge in [-0.15, -0.1) is 0 Å². The van der Waals surface area contributed by atoms with Crippen molar-refractivity contribution in [3.05, 3.63) is 34.9 Å². The SMILES string of the molecule is CC(N(C)Cc1cccc2c1C(=O)N(C1CCC(=O)NC1=O)C2)C1(O)CNC1. The quantitative estimate of drug-likeness (QED) is 0.596. The van der Waals surface area contributed by atoms with Gasteiger partial charge < -0.3 is 15.3 Å². The van der Waals surface area contributed by atoms with E-state index < -0.39 is 17.6 Å². The molecular formula is C20H26N4O4. The van der Waals surface area contributed by atoms with E-state index in [9.17, 15) is 19.5 Å². The van der Waals surface area contributed by atoms with Crippen LogP contribution in [0.3, 0.4) is 0 Å². The summed E-state index contributed by atoms with van der Waals surface area (Å²) in [4.78, 5) is 40.4. The van der Waals surface area contributed by atoms with E-state index in [0.29, 0.717) is 38.2 Å². The van der Waals surface area contributed by atoms with Crippen LogP contribution in [0.5, 0.6) is 0 Å². The number of piperidine rings is 1. The Morgan fingerprint density at radius 3 is 2.71 bits per heavy atom. The predicted molar refractivity (Wildman–Crippen MR) is 101 cm³/mol. The molecule has 150 valence electrons. The predicted octanol–water partition coefficient (Wildman–Crippen LogP) is -0.398. The second kappa shape index (κ2) is 6.95. The molecule has 2 saturated heterocycles. The van der Waals surface area contributed by atoms with Gasteiger partial charge in [0, 0.05) is 44.2 Å². The summed E-state index contributed by atoms with van der Waals surface area (Å²) in [6.07, 6.45) is 0.604. The minimum absolute atomic E-state index is 0.0626. The fraction of sp³-hybridized carbons (Fsp3) is 0.550. The topological polar surface area (TPSA) is 102 Å². The molecule has 0 spiro atoms. The molecule has 3 amide bonds. The monoisotopic (exact) mass is 386 g/mol. The highest BCUT2D eigenvalue weighted by atomic mass is 16.3. The van der Waals surface area contributed by atoms with Crippen LogP contribution in [0, 0.1) is 0 Å². The summed E-state index contributed by atoms with van der Waals surface area (Å²) in [5, 5.41) is 16.0. The number of nitrogens with zero attached hydrogens (tertiary/aromatic N) is 2. The number of likely N-dealkylation sites (N-methyl/N-ethyl adjacent to an activating group) is 1. The van der Waals surface area contributed by atoms with Crippen LogP contribution in [-0.2, 0) is 22.7 Å². The summed E-state index contributed by atoms with van der Waals surface area (Å²) >= 11 is 0. The maximum atomic E-state index is 13.1. The molecule has 3 aliphatic rings. The number of imide groups is 1. The van der Waals surface area contributed by atoms with Crippen molar-refractivity contribution in [2.45, 2.75) is 50.5 Å². The smallest absolute Gasteiger partial charge is 0.255 e. The van der Waals surface area contributed by atoms with E-state index in [-0.39, 0.29) is 24.3 Å². The van der Waals surface area contributed by atoms with Crippen LogP contribution in [0.1, 0.15) is 41.3 Å². The van der Waals surface area contributed by atoms with Gasteiger partial charge in [0.1, 0.15) is 11.6 Å². The average molecular weight is 386 g/mol. The Hall–Kier alpha value is -2.29. The number of fused-ring (bicyclic) bond motifs is 1. The van der Waals surface area contributed by atoms with Crippen LogP contribution >= 0.6 is 0 Å². The number of hydrogen-bond acceptors (Lipinski definition) is 6. The van der Waals surface area contributed by atoms with Crippen molar-refractivity contribution < 1.29 is 19.5 Å². The molecule has 28 heavy (non-hydrogen) atoms. The maximum Gasteiger partial charge on any atom is 0.255 e. The van der Waals surface area contributed by atoms with Gasteiger partial charge in [-0.3, -0.25) is 24.6 Å². The number of aliphatic hydroxyl groups is 1. The van der Waals surface area contributed by atoms with Crippen LogP contribution in [0.15, 0.2) is 18.2 Å². The van der Waals surface area contributed by atoms with Crippen molar-refractivity contribution in [3.63, 3.8) is 0 Å². The third kappa shape index (κ3) is 3.11. The molecule has 0 radical (unpaired) electrons. The van der Waals surface area contributed by atoms with Gasteiger partial charge in [0.15, 0.2) is 0 Å². The van der Waals surface area contributed by atoms with Gasteiger partial charge in [-0.2, -0.15) is 0 Å². The van der Waals surface area contributed by atoms with Crippen molar-refractivity contribution in [2.75, 3.05) is 20.1 Å². The highest BCUT2D eigenvalue weighted by molar-refractivity contribution is 6.05. The summed E-state index contributed by atoms with van der Waals surface area (Å²) in [7, 11) is 1.94. The largest absolute Gasteiger partial charge is 0.386 e. The van der Waals surface area contributed by atoms with Crippen molar-refractivity contribution in [1.29, 1.82) is 0 Å². The molecule has 0 aliphatic carbocycles. The standard InChI is InChI=1S/C20H26N4O4/c1-12(20(28)10-21-11-20)23(2)8-13-4-3-5-14-9-24(19(27)17(13)14)15-6-7-16(25)22-18(15)26/h3-5,12,15,21,28H,6-11H2,1-2H3,(H,22,25,26). The zero-order valence-electron chi connectivity index (χ0n) is 16.2. The summed E-state index contributed by atoms with van der Waals surface area (Å²) in [5.41, 5.74) is 1.68. The van der Waals surface area contributed by atoms with Gasteiger partial charge in [-0.1, -0.05) is 18.2 Å². The zero-order chi connectivity index (χ0) is 20.1. The Morgan fingerprint density at radius 1 is 1.32 bits per heavy atom. The fourth-order valence-corrected chi connectivity index (χ4v) is 4.31. The van der Waals surface area contributed by atoms with Gasteiger partial charge >= 0.3 is 0 Å². The second-order valence-corrected chi connectivity index (χ2v) is 8.15. The molecule has 2 atom stereocenters. The summed E-state index contributed by atoms with van der Waals surface area (Å²) in [5.74, 6) is -0.847.